The lowest BCUT2D eigenvalue weighted by Crippen LogP contribution is -2.26. The summed E-state index contributed by atoms with van der Waals surface area (Å²) in [5, 5.41) is 5.10. The van der Waals surface area contributed by atoms with Gasteiger partial charge in [0.15, 0.2) is 11.6 Å². The van der Waals surface area contributed by atoms with Crippen molar-refractivity contribution in [2.45, 2.75) is 40.2 Å². The van der Waals surface area contributed by atoms with E-state index in [4.69, 9.17) is 21.6 Å². The highest BCUT2D eigenvalue weighted by molar-refractivity contribution is 6.35. The molecule has 204 valence electrons. The molecule has 5 aromatic rings. The average Bonchev–Trinajstić information content (AvgIpc) is 2.92. The summed E-state index contributed by atoms with van der Waals surface area (Å²) in [4.78, 5) is 36.8. The molecule has 0 aliphatic heterocycles. The summed E-state index contributed by atoms with van der Waals surface area (Å²) in [6.45, 7) is 8.14. The van der Waals surface area contributed by atoms with Gasteiger partial charge in [-0.2, -0.15) is 0 Å². The van der Waals surface area contributed by atoms with E-state index in [1.165, 1.54) is 5.56 Å². The molecule has 2 aromatic heterocycles. The molecule has 1 atom stereocenters. The van der Waals surface area contributed by atoms with E-state index in [2.05, 4.69) is 38.2 Å². The molecule has 0 radical (unpaired) electrons. The number of fused-ring (bicyclic) bond motifs is 2. The van der Waals surface area contributed by atoms with Crippen LogP contribution in [0.3, 0.4) is 0 Å². The van der Waals surface area contributed by atoms with Crippen molar-refractivity contribution in [3.8, 4) is 17.1 Å². The monoisotopic (exact) mass is 560 g/mol. The number of anilines is 1. The number of nitrogens with zero attached hydrogens (tertiary/aromatic N) is 3. The topological polar surface area (TPSA) is 76.9 Å². The molecule has 0 saturated carbocycles. The number of carbonyl (C=O) groups excluding carboxylic acids is 1. The molecule has 3 aromatic carbocycles. The van der Waals surface area contributed by atoms with Gasteiger partial charge in [-0.05, 0) is 74.5 Å². The Morgan fingerprint density at radius 1 is 0.902 bits per heavy atom. The van der Waals surface area contributed by atoms with Crippen LogP contribution in [0.5, 0.6) is 0 Å². The lowest BCUT2D eigenvalue weighted by molar-refractivity contribution is 0.104. The highest BCUT2D eigenvalue weighted by atomic mass is 35.5. The molecule has 41 heavy (non-hydrogen) atoms. The summed E-state index contributed by atoms with van der Waals surface area (Å²) in [6.07, 6.45) is 3.94. The van der Waals surface area contributed by atoms with Crippen LogP contribution in [0.25, 0.3) is 27.8 Å². The molecule has 7 heteroatoms. The van der Waals surface area contributed by atoms with Gasteiger partial charge in [0.1, 0.15) is 5.82 Å². The van der Waals surface area contributed by atoms with E-state index in [9.17, 15) is 9.59 Å². The molecule has 0 saturated heterocycles. The maximum atomic E-state index is 13.9. The van der Waals surface area contributed by atoms with Crippen molar-refractivity contribution in [3.63, 3.8) is 0 Å². The number of aryl methyl sites for hydroxylation is 3. The maximum absolute atomic E-state index is 13.9. The van der Waals surface area contributed by atoms with Gasteiger partial charge in [-0.3, -0.25) is 14.2 Å². The lowest BCUT2D eigenvalue weighted by atomic mass is 9.97. The van der Waals surface area contributed by atoms with Crippen molar-refractivity contribution < 1.29 is 4.79 Å². The molecule has 1 N–H and O–H groups in total. The van der Waals surface area contributed by atoms with Crippen LogP contribution in [0, 0.1) is 20.8 Å². The fourth-order valence-corrected chi connectivity index (χ4v) is 6.07. The van der Waals surface area contributed by atoms with Crippen LogP contribution in [0.1, 0.15) is 51.4 Å². The van der Waals surface area contributed by atoms with Crippen molar-refractivity contribution in [1.29, 1.82) is 0 Å². The van der Waals surface area contributed by atoms with Crippen LogP contribution in [-0.4, -0.2) is 20.3 Å². The van der Waals surface area contributed by atoms with Crippen LogP contribution in [0.15, 0.2) is 83.7 Å². The Kier molecular flexibility index (Phi) is 6.80. The molecular formula is C34H29ClN4O2. The zero-order valence-electron chi connectivity index (χ0n) is 23.3. The molecule has 0 amide bonds. The van der Waals surface area contributed by atoms with Crippen molar-refractivity contribution in [3.05, 3.63) is 128 Å². The molecular weight excluding hydrogens is 532 g/mol. The van der Waals surface area contributed by atoms with E-state index in [1.54, 1.807) is 16.7 Å². The number of allylic oxidation sites excluding steroid dienone is 2. The number of para-hydroxylation sites is 1. The Hall–Kier alpha value is -4.55. The van der Waals surface area contributed by atoms with Gasteiger partial charge in [0, 0.05) is 23.4 Å². The molecule has 0 fully saturated rings. The summed E-state index contributed by atoms with van der Waals surface area (Å²) in [7, 11) is 0. The molecule has 1 aliphatic carbocycles. The van der Waals surface area contributed by atoms with E-state index in [1.807, 2.05) is 61.5 Å². The number of pyridine rings is 1. The Morgan fingerprint density at radius 2 is 1.63 bits per heavy atom. The normalized spacial score (nSPS) is 13.3. The summed E-state index contributed by atoms with van der Waals surface area (Å²) < 4.78 is 1.68. The Labute approximate surface area is 243 Å². The molecule has 2 heterocycles. The van der Waals surface area contributed by atoms with Gasteiger partial charge in [-0.1, -0.05) is 65.7 Å². The van der Waals surface area contributed by atoms with Gasteiger partial charge < -0.3 is 5.32 Å². The SMILES string of the molecule is Cc1cc(C)c(-c2nc3c(c(NC(C)c4cc5cccc(Cl)c5c(=O)n4-c4ccccc4)n2)C(=O)C=CC3)c(C)c1. The summed E-state index contributed by atoms with van der Waals surface area (Å²) >= 11 is 6.50. The second-order valence-corrected chi connectivity index (χ2v) is 11.0. The van der Waals surface area contributed by atoms with E-state index < -0.39 is 6.04 Å². The van der Waals surface area contributed by atoms with E-state index in [-0.39, 0.29) is 11.3 Å². The molecule has 1 unspecified atom stereocenters. The third-order valence-corrected chi connectivity index (χ3v) is 7.86. The summed E-state index contributed by atoms with van der Waals surface area (Å²) in [6, 6.07) is 20.7. The van der Waals surface area contributed by atoms with Crippen molar-refractivity contribution in [1.82, 2.24) is 14.5 Å². The minimum atomic E-state index is -0.406. The minimum Gasteiger partial charge on any atom is -0.361 e. The van der Waals surface area contributed by atoms with Gasteiger partial charge in [0.05, 0.1) is 27.7 Å². The zero-order chi connectivity index (χ0) is 28.8. The average molecular weight is 561 g/mol. The van der Waals surface area contributed by atoms with Crippen LogP contribution in [0.4, 0.5) is 5.82 Å². The fourth-order valence-electron chi connectivity index (χ4n) is 5.80. The van der Waals surface area contributed by atoms with Gasteiger partial charge in [-0.25, -0.2) is 9.97 Å². The number of ketones is 1. The number of benzene rings is 3. The first-order chi connectivity index (χ1) is 19.7. The Morgan fingerprint density at radius 3 is 2.37 bits per heavy atom. The summed E-state index contributed by atoms with van der Waals surface area (Å²) in [5.41, 5.74) is 6.64. The van der Waals surface area contributed by atoms with E-state index >= 15 is 0 Å². The standard InChI is InChI=1S/C34H29ClN4O2/c1-19-16-20(2)29(21(3)17-19)32-37-26-14-9-15-28(40)31(26)33(38-32)36-22(4)27-18-23-10-8-13-25(35)30(23)34(41)39(27)24-11-6-5-7-12-24/h5-13,15-18,22H,14H2,1-4H3,(H,36,37,38). The van der Waals surface area contributed by atoms with Crippen molar-refractivity contribution in [2.75, 3.05) is 5.32 Å². The first kappa shape index (κ1) is 26.7. The molecule has 1 aliphatic rings. The minimum absolute atomic E-state index is 0.143. The zero-order valence-corrected chi connectivity index (χ0v) is 24.1. The number of hydrogen-bond donors (Lipinski definition) is 1. The second kappa shape index (κ2) is 10.5. The highest BCUT2D eigenvalue weighted by Gasteiger charge is 2.26. The Balaban J connectivity index is 1.54. The van der Waals surface area contributed by atoms with Gasteiger partial charge in [0.25, 0.3) is 5.56 Å². The number of rotatable bonds is 5. The number of carbonyl (C=O) groups is 1. The lowest BCUT2D eigenvalue weighted by Gasteiger charge is -2.24. The molecule has 0 bridgehead atoms. The van der Waals surface area contributed by atoms with Crippen molar-refractivity contribution in [2.24, 2.45) is 0 Å². The van der Waals surface area contributed by atoms with Gasteiger partial charge in [0.2, 0.25) is 0 Å². The number of halogens is 1. The predicted molar refractivity (Wildman–Crippen MR) is 165 cm³/mol. The largest absolute Gasteiger partial charge is 0.361 e. The smallest absolute Gasteiger partial charge is 0.264 e. The number of aromatic nitrogens is 3. The first-order valence-corrected chi connectivity index (χ1v) is 14.0. The van der Waals surface area contributed by atoms with Gasteiger partial charge in [-0.15, -0.1) is 0 Å². The van der Waals surface area contributed by atoms with E-state index in [0.717, 1.165) is 27.8 Å². The number of nitrogens with one attached hydrogen (secondary N) is 1. The van der Waals surface area contributed by atoms with E-state index in [0.29, 0.717) is 45.4 Å². The highest BCUT2D eigenvalue weighted by Crippen LogP contribution is 2.33. The second-order valence-electron chi connectivity index (χ2n) is 10.6. The number of hydrogen-bond acceptors (Lipinski definition) is 5. The fraction of sp³-hybridized carbons (Fsp3) is 0.176. The van der Waals surface area contributed by atoms with Crippen LogP contribution in [0.2, 0.25) is 5.02 Å². The van der Waals surface area contributed by atoms with Gasteiger partial charge >= 0.3 is 0 Å². The maximum Gasteiger partial charge on any atom is 0.264 e. The molecule has 0 spiro atoms. The summed E-state index contributed by atoms with van der Waals surface area (Å²) in [5.74, 6) is 0.877. The predicted octanol–water partition coefficient (Wildman–Crippen LogP) is 7.49. The first-order valence-electron chi connectivity index (χ1n) is 13.6. The molecule has 6 nitrogen and oxygen atoms in total. The Bertz CT molecular complexity index is 1920. The van der Waals surface area contributed by atoms with Crippen molar-refractivity contribution >= 4 is 34.0 Å². The van der Waals surface area contributed by atoms with Crippen LogP contribution in [-0.2, 0) is 6.42 Å². The third-order valence-electron chi connectivity index (χ3n) is 7.55. The van der Waals surface area contributed by atoms with Crippen LogP contribution < -0.4 is 10.9 Å². The quantitative estimate of drug-likeness (QED) is 0.241. The molecule has 6 rings (SSSR count). The third kappa shape index (κ3) is 4.74. The van der Waals surface area contributed by atoms with Crippen LogP contribution >= 0.6 is 11.6 Å².